The minimum Gasteiger partial charge on any atom is -0.444 e. The van der Waals surface area contributed by atoms with Crippen molar-refractivity contribution in [3.63, 3.8) is 0 Å². The third kappa shape index (κ3) is 2.62. The van der Waals surface area contributed by atoms with Crippen LogP contribution in [0.3, 0.4) is 0 Å². The average molecular weight is 224 g/mol. The monoisotopic (exact) mass is 224 g/mol. The first-order valence-corrected chi connectivity index (χ1v) is 5.98. The van der Waals surface area contributed by atoms with E-state index in [1.54, 1.807) is 0 Å². The van der Waals surface area contributed by atoms with Gasteiger partial charge in [0, 0.05) is 6.54 Å². The predicted octanol–water partition coefficient (Wildman–Crippen LogP) is 1.54. The molecule has 2 atom stereocenters. The van der Waals surface area contributed by atoms with Crippen LogP contribution in [-0.4, -0.2) is 22.7 Å². The van der Waals surface area contributed by atoms with E-state index in [1.807, 2.05) is 13.8 Å². The minimum absolute atomic E-state index is 0.125. The van der Waals surface area contributed by atoms with E-state index >= 15 is 0 Å². The van der Waals surface area contributed by atoms with Crippen LogP contribution >= 0.6 is 0 Å². The summed E-state index contributed by atoms with van der Waals surface area (Å²) in [6.45, 7) is 5.37. The van der Waals surface area contributed by atoms with Crippen LogP contribution in [0.1, 0.15) is 36.6 Å². The first-order chi connectivity index (χ1) is 7.66. The van der Waals surface area contributed by atoms with Crippen molar-refractivity contribution in [2.24, 2.45) is 5.92 Å². The minimum atomic E-state index is -0.125. The van der Waals surface area contributed by atoms with Gasteiger partial charge in [-0.05, 0) is 32.6 Å². The van der Waals surface area contributed by atoms with Gasteiger partial charge in [-0.15, -0.1) is 0 Å². The van der Waals surface area contributed by atoms with Gasteiger partial charge in [0.1, 0.15) is 5.76 Å². The zero-order valence-corrected chi connectivity index (χ0v) is 9.99. The second kappa shape index (κ2) is 4.97. The highest BCUT2D eigenvalue weighted by molar-refractivity contribution is 5.05. The smallest absolute Gasteiger partial charge is 0.208 e. The lowest BCUT2D eigenvalue weighted by molar-refractivity contribution is 0.131. The van der Waals surface area contributed by atoms with Gasteiger partial charge in [0.25, 0.3) is 0 Å². The lowest BCUT2D eigenvalue weighted by Gasteiger charge is -2.13. The van der Waals surface area contributed by atoms with Crippen LogP contribution in [0.15, 0.2) is 4.42 Å². The molecule has 0 aliphatic heterocycles. The molecule has 1 aliphatic rings. The Kier molecular flexibility index (Phi) is 3.61. The number of nitrogens with zero attached hydrogens (tertiary/aromatic N) is 1. The van der Waals surface area contributed by atoms with Crippen molar-refractivity contribution in [2.45, 2.75) is 45.8 Å². The number of hydrogen-bond acceptors (Lipinski definition) is 4. The molecule has 90 valence electrons. The molecule has 1 saturated carbocycles. The summed E-state index contributed by atoms with van der Waals surface area (Å²) in [6, 6.07) is 0. The van der Waals surface area contributed by atoms with Crippen LogP contribution in [0.5, 0.6) is 0 Å². The Hall–Kier alpha value is -0.870. The molecule has 4 heteroatoms. The van der Waals surface area contributed by atoms with Gasteiger partial charge in [0.05, 0.1) is 18.3 Å². The Labute approximate surface area is 96.1 Å². The maximum absolute atomic E-state index is 9.66. The summed E-state index contributed by atoms with van der Waals surface area (Å²) >= 11 is 0. The molecule has 16 heavy (non-hydrogen) atoms. The molecule has 1 aromatic rings. The van der Waals surface area contributed by atoms with Gasteiger partial charge >= 0.3 is 0 Å². The molecule has 1 aliphatic carbocycles. The first-order valence-electron chi connectivity index (χ1n) is 5.98. The summed E-state index contributed by atoms with van der Waals surface area (Å²) in [5, 5.41) is 13.0. The Morgan fingerprint density at radius 2 is 2.25 bits per heavy atom. The Morgan fingerprint density at radius 3 is 2.81 bits per heavy atom. The molecule has 2 N–H and O–H groups in total. The van der Waals surface area contributed by atoms with Crippen molar-refractivity contribution in [1.29, 1.82) is 0 Å². The normalized spacial score (nSPS) is 25.2. The van der Waals surface area contributed by atoms with Crippen LogP contribution in [-0.2, 0) is 6.54 Å². The number of oxazole rings is 1. The number of aryl methyl sites for hydroxylation is 2. The zero-order chi connectivity index (χ0) is 11.5. The Bertz CT molecular complexity index is 329. The van der Waals surface area contributed by atoms with Crippen LogP contribution in [0.4, 0.5) is 0 Å². The molecule has 0 saturated heterocycles. The lowest BCUT2D eigenvalue weighted by Crippen LogP contribution is -2.27. The van der Waals surface area contributed by atoms with Gasteiger partial charge in [0.15, 0.2) is 0 Å². The van der Waals surface area contributed by atoms with Gasteiger partial charge in [-0.2, -0.15) is 0 Å². The maximum atomic E-state index is 9.66. The molecule has 4 nitrogen and oxygen atoms in total. The number of rotatable bonds is 4. The third-order valence-electron chi connectivity index (χ3n) is 3.37. The predicted molar refractivity (Wildman–Crippen MR) is 61.0 cm³/mol. The van der Waals surface area contributed by atoms with E-state index in [1.165, 1.54) is 0 Å². The molecule has 2 rings (SSSR count). The number of aromatic nitrogens is 1. The fraction of sp³-hybridized carbons (Fsp3) is 0.750. The van der Waals surface area contributed by atoms with Crippen molar-refractivity contribution in [3.8, 4) is 0 Å². The van der Waals surface area contributed by atoms with E-state index in [2.05, 4.69) is 10.3 Å². The lowest BCUT2D eigenvalue weighted by atomic mass is 10.1. The number of hydrogen-bond donors (Lipinski definition) is 2. The van der Waals surface area contributed by atoms with Crippen LogP contribution in [0.25, 0.3) is 0 Å². The van der Waals surface area contributed by atoms with Gasteiger partial charge in [-0.3, -0.25) is 0 Å². The van der Waals surface area contributed by atoms with Gasteiger partial charge in [-0.25, -0.2) is 4.98 Å². The Morgan fingerprint density at radius 1 is 1.44 bits per heavy atom. The van der Waals surface area contributed by atoms with Gasteiger partial charge in [0.2, 0.25) is 5.89 Å². The third-order valence-corrected chi connectivity index (χ3v) is 3.37. The maximum Gasteiger partial charge on any atom is 0.208 e. The van der Waals surface area contributed by atoms with E-state index in [9.17, 15) is 5.11 Å². The van der Waals surface area contributed by atoms with Gasteiger partial charge < -0.3 is 14.8 Å². The first kappa shape index (κ1) is 11.6. The van der Waals surface area contributed by atoms with E-state index in [0.717, 1.165) is 43.2 Å². The van der Waals surface area contributed by atoms with E-state index in [-0.39, 0.29) is 6.10 Å². The molecular formula is C12H20N2O2. The summed E-state index contributed by atoms with van der Waals surface area (Å²) < 4.78 is 5.47. The average Bonchev–Trinajstić information content (AvgIpc) is 2.76. The van der Waals surface area contributed by atoms with Gasteiger partial charge in [-0.1, -0.05) is 6.42 Å². The van der Waals surface area contributed by atoms with Crippen molar-refractivity contribution in [2.75, 3.05) is 6.54 Å². The summed E-state index contributed by atoms with van der Waals surface area (Å²) in [4.78, 5) is 4.30. The quantitative estimate of drug-likeness (QED) is 0.814. The fourth-order valence-corrected chi connectivity index (χ4v) is 2.23. The van der Waals surface area contributed by atoms with E-state index < -0.39 is 0 Å². The summed E-state index contributed by atoms with van der Waals surface area (Å²) in [5.41, 5.74) is 0.956. The fourth-order valence-electron chi connectivity index (χ4n) is 2.23. The molecule has 0 aromatic carbocycles. The van der Waals surface area contributed by atoms with Crippen molar-refractivity contribution < 1.29 is 9.52 Å². The molecule has 2 unspecified atom stereocenters. The number of nitrogens with one attached hydrogen (secondary N) is 1. The molecular weight excluding hydrogens is 204 g/mol. The highest BCUT2D eigenvalue weighted by atomic mass is 16.4. The van der Waals surface area contributed by atoms with Crippen LogP contribution < -0.4 is 5.32 Å². The standard InChI is InChI=1S/C12H20N2O2/c1-8-9(2)16-12(14-8)7-13-6-10-4-3-5-11(10)15/h10-11,13,15H,3-7H2,1-2H3. The second-order valence-electron chi connectivity index (χ2n) is 4.64. The molecule has 1 aromatic heterocycles. The number of aliphatic hydroxyl groups excluding tert-OH is 1. The van der Waals surface area contributed by atoms with E-state index in [0.29, 0.717) is 12.5 Å². The second-order valence-corrected chi connectivity index (χ2v) is 4.64. The van der Waals surface area contributed by atoms with E-state index in [4.69, 9.17) is 4.42 Å². The number of aliphatic hydroxyl groups is 1. The van der Waals surface area contributed by atoms with Crippen LogP contribution in [0.2, 0.25) is 0 Å². The van der Waals surface area contributed by atoms with Crippen molar-refractivity contribution in [1.82, 2.24) is 10.3 Å². The highest BCUT2D eigenvalue weighted by Gasteiger charge is 2.24. The highest BCUT2D eigenvalue weighted by Crippen LogP contribution is 2.24. The molecule has 0 bridgehead atoms. The molecule has 0 radical (unpaired) electrons. The van der Waals surface area contributed by atoms with Crippen LogP contribution in [0, 0.1) is 19.8 Å². The molecule has 1 heterocycles. The summed E-state index contributed by atoms with van der Waals surface area (Å²) in [7, 11) is 0. The summed E-state index contributed by atoms with van der Waals surface area (Å²) in [6.07, 6.45) is 3.09. The SMILES string of the molecule is Cc1nc(CNCC2CCCC2O)oc1C. The topological polar surface area (TPSA) is 58.3 Å². The molecule has 0 amide bonds. The molecule has 0 spiro atoms. The Balaban J connectivity index is 1.75. The summed E-state index contributed by atoms with van der Waals surface area (Å²) in [5.74, 6) is 2.03. The van der Waals surface area contributed by atoms with Crippen molar-refractivity contribution >= 4 is 0 Å². The zero-order valence-electron chi connectivity index (χ0n) is 9.99. The van der Waals surface area contributed by atoms with Crippen molar-refractivity contribution in [3.05, 3.63) is 17.3 Å². The largest absolute Gasteiger partial charge is 0.444 e. The molecule has 1 fully saturated rings.